The van der Waals surface area contributed by atoms with Crippen LogP contribution in [-0.2, 0) is 4.74 Å². The van der Waals surface area contributed by atoms with Crippen LogP contribution in [0.5, 0.6) is 5.75 Å². The molecule has 10 heteroatoms. The largest absolute Gasteiger partial charge is 0.459 e. The van der Waals surface area contributed by atoms with E-state index in [1.54, 1.807) is 0 Å². The second-order valence-corrected chi connectivity index (χ2v) is 5.76. The van der Waals surface area contributed by atoms with Crippen molar-refractivity contribution in [2.75, 3.05) is 5.32 Å². The van der Waals surface area contributed by atoms with Crippen LogP contribution in [0.2, 0.25) is 0 Å². The van der Waals surface area contributed by atoms with Crippen molar-refractivity contribution < 1.29 is 31.9 Å². The molecule has 0 atom stereocenters. The van der Waals surface area contributed by atoms with Crippen LogP contribution in [0.1, 0.15) is 21.7 Å². The Hall–Kier alpha value is -4.08. The Kier molecular flexibility index (Phi) is 6.16. The van der Waals surface area contributed by atoms with E-state index in [1.807, 2.05) is 0 Å². The molecule has 2 aromatic carbocycles. The van der Waals surface area contributed by atoms with Gasteiger partial charge in [0, 0.05) is 5.56 Å². The first-order valence-corrected chi connectivity index (χ1v) is 8.39. The highest BCUT2D eigenvalue weighted by Gasteiger charge is 2.18. The van der Waals surface area contributed by atoms with Gasteiger partial charge in [-0.1, -0.05) is 12.1 Å². The van der Waals surface area contributed by atoms with Crippen molar-refractivity contribution in [1.82, 2.24) is 0 Å². The van der Waals surface area contributed by atoms with E-state index in [4.69, 9.17) is 20.0 Å². The van der Waals surface area contributed by atoms with Crippen molar-refractivity contribution >= 4 is 23.4 Å². The lowest BCUT2D eigenvalue weighted by molar-refractivity contribution is -0.0501. The molecule has 0 bridgehead atoms. The zero-order valence-corrected chi connectivity index (χ0v) is 15.1. The summed E-state index contributed by atoms with van der Waals surface area (Å²) in [5.41, 5.74) is -0.490. The first-order chi connectivity index (χ1) is 14.3. The Labute approximate surface area is 168 Å². The van der Waals surface area contributed by atoms with Crippen LogP contribution >= 0.6 is 0 Å². The first kappa shape index (κ1) is 20.6. The van der Waals surface area contributed by atoms with Crippen LogP contribution in [0.3, 0.4) is 0 Å². The Morgan fingerprint density at radius 1 is 1.03 bits per heavy atom. The normalized spacial score (nSPS) is 10.5. The summed E-state index contributed by atoms with van der Waals surface area (Å²) in [6, 6.07) is 11.6. The van der Waals surface area contributed by atoms with E-state index >= 15 is 0 Å². The van der Waals surface area contributed by atoms with Gasteiger partial charge in [-0.05, 0) is 42.5 Å². The van der Waals surface area contributed by atoms with Crippen molar-refractivity contribution in [3.8, 4) is 5.75 Å². The van der Waals surface area contributed by atoms with Crippen LogP contribution in [-0.4, -0.2) is 24.3 Å². The Morgan fingerprint density at radius 3 is 2.50 bits per heavy atom. The molecule has 0 radical (unpaired) electrons. The number of rotatable bonds is 6. The number of carbonyl (C=O) groups is 1. The van der Waals surface area contributed by atoms with Gasteiger partial charge in [-0.25, -0.2) is 4.39 Å². The van der Waals surface area contributed by atoms with Crippen LogP contribution in [0, 0.1) is 16.6 Å². The molecular weight excluding hydrogens is 403 g/mol. The van der Waals surface area contributed by atoms with E-state index < -0.39 is 30.1 Å². The third kappa shape index (κ3) is 4.85. The molecule has 1 amide bonds. The standard InChI is InChI=1S/C20H14F3N3O4/c21-13-8-7-11(17(24)30-18(25)16-6-3-9-28-16)10-14(13)26-19(27)12-4-1-2-5-15(12)29-20(22)23/h1-10,20,24-25H,(H,26,27). The molecule has 0 aliphatic heterocycles. The molecule has 154 valence electrons. The fraction of sp³-hybridized carbons (Fsp3) is 0.0500. The van der Waals surface area contributed by atoms with Crippen LogP contribution in [0.15, 0.2) is 65.3 Å². The monoisotopic (exact) mass is 417 g/mol. The van der Waals surface area contributed by atoms with Gasteiger partial charge in [0.1, 0.15) is 11.6 Å². The second kappa shape index (κ2) is 8.95. The van der Waals surface area contributed by atoms with Gasteiger partial charge >= 0.3 is 6.61 Å². The quantitative estimate of drug-likeness (QED) is 0.401. The van der Waals surface area contributed by atoms with Gasteiger partial charge in [0.25, 0.3) is 11.8 Å². The molecule has 3 rings (SSSR count). The molecule has 0 spiro atoms. The minimum Gasteiger partial charge on any atom is -0.459 e. The predicted molar refractivity (Wildman–Crippen MR) is 101 cm³/mol. The Bertz CT molecular complexity index is 1080. The van der Waals surface area contributed by atoms with Crippen LogP contribution in [0.4, 0.5) is 18.9 Å². The lowest BCUT2D eigenvalue weighted by atomic mass is 10.1. The summed E-state index contributed by atoms with van der Waals surface area (Å²) in [7, 11) is 0. The Morgan fingerprint density at radius 2 is 1.80 bits per heavy atom. The van der Waals surface area contributed by atoms with E-state index in [9.17, 15) is 18.0 Å². The lowest BCUT2D eigenvalue weighted by Crippen LogP contribution is -2.17. The van der Waals surface area contributed by atoms with Crippen molar-refractivity contribution in [1.29, 1.82) is 10.8 Å². The maximum Gasteiger partial charge on any atom is 0.387 e. The number of alkyl halides is 2. The van der Waals surface area contributed by atoms with E-state index in [2.05, 4.69) is 10.1 Å². The number of amides is 1. The minimum atomic E-state index is -3.14. The number of hydrogen-bond acceptors (Lipinski definition) is 6. The third-order valence-electron chi connectivity index (χ3n) is 3.77. The van der Waals surface area contributed by atoms with Crippen LogP contribution < -0.4 is 10.1 Å². The molecule has 0 aliphatic carbocycles. The minimum absolute atomic E-state index is 0.0557. The highest BCUT2D eigenvalue weighted by atomic mass is 19.3. The van der Waals surface area contributed by atoms with E-state index in [0.717, 1.165) is 12.1 Å². The molecule has 7 nitrogen and oxygen atoms in total. The maximum absolute atomic E-state index is 14.2. The number of anilines is 1. The van der Waals surface area contributed by atoms with Gasteiger partial charge in [-0.2, -0.15) is 8.78 Å². The molecule has 0 unspecified atom stereocenters. The van der Waals surface area contributed by atoms with Gasteiger partial charge in [0.05, 0.1) is 17.5 Å². The van der Waals surface area contributed by atoms with Crippen molar-refractivity contribution in [2.24, 2.45) is 0 Å². The average Bonchev–Trinajstić information content (AvgIpc) is 3.24. The number of furan rings is 1. The predicted octanol–water partition coefficient (Wildman–Crippen LogP) is 4.64. The topological polar surface area (TPSA) is 108 Å². The molecule has 3 N–H and O–H groups in total. The highest BCUT2D eigenvalue weighted by Crippen LogP contribution is 2.23. The van der Waals surface area contributed by atoms with Crippen LogP contribution in [0.25, 0.3) is 0 Å². The SMILES string of the molecule is N=C(OC(=N)c1ccco1)c1ccc(F)c(NC(=O)c2ccccc2OC(F)F)c1. The maximum atomic E-state index is 14.2. The van der Waals surface area contributed by atoms with Gasteiger partial charge in [-0.15, -0.1) is 0 Å². The summed E-state index contributed by atoms with van der Waals surface area (Å²) in [5, 5.41) is 17.9. The fourth-order valence-corrected chi connectivity index (χ4v) is 2.42. The number of benzene rings is 2. The molecule has 1 heterocycles. The zero-order chi connectivity index (χ0) is 21.7. The molecule has 0 saturated carbocycles. The number of nitrogens with one attached hydrogen (secondary N) is 3. The third-order valence-corrected chi connectivity index (χ3v) is 3.77. The van der Waals surface area contributed by atoms with E-state index in [0.29, 0.717) is 0 Å². The lowest BCUT2D eigenvalue weighted by Gasteiger charge is -2.12. The van der Waals surface area contributed by atoms with Gasteiger partial charge < -0.3 is 19.2 Å². The smallest absolute Gasteiger partial charge is 0.387 e. The fourth-order valence-electron chi connectivity index (χ4n) is 2.42. The zero-order valence-electron chi connectivity index (χ0n) is 15.1. The summed E-state index contributed by atoms with van der Waals surface area (Å²) in [6.45, 7) is -3.14. The van der Waals surface area contributed by atoms with E-state index in [-0.39, 0.29) is 28.3 Å². The van der Waals surface area contributed by atoms with Gasteiger partial charge in [0.2, 0.25) is 5.90 Å². The van der Waals surface area contributed by atoms with Gasteiger partial charge in [0.15, 0.2) is 5.76 Å². The molecule has 0 saturated heterocycles. The summed E-state index contributed by atoms with van der Waals surface area (Å²) in [6.07, 6.45) is 1.33. The number of ether oxygens (including phenoxy) is 2. The Balaban J connectivity index is 1.78. The number of hydrogen-bond donors (Lipinski definition) is 3. The summed E-state index contributed by atoms with van der Waals surface area (Å²) < 4.78 is 53.6. The number of carbonyl (C=O) groups excluding carboxylic acids is 1. The molecule has 0 fully saturated rings. The van der Waals surface area contributed by atoms with E-state index in [1.165, 1.54) is 48.7 Å². The highest BCUT2D eigenvalue weighted by molar-refractivity contribution is 6.07. The molecule has 0 aliphatic rings. The number of halogens is 3. The average molecular weight is 417 g/mol. The summed E-state index contributed by atoms with van der Waals surface area (Å²) in [5.74, 6) is -2.92. The summed E-state index contributed by atoms with van der Waals surface area (Å²) in [4.78, 5) is 12.4. The van der Waals surface area contributed by atoms with Gasteiger partial charge in [-0.3, -0.25) is 15.6 Å². The number of para-hydroxylation sites is 1. The first-order valence-electron chi connectivity index (χ1n) is 8.39. The van der Waals surface area contributed by atoms with Crippen molar-refractivity contribution in [3.05, 3.63) is 83.6 Å². The van der Waals surface area contributed by atoms with Crippen molar-refractivity contribution in [2.45, 2.75) is 6.61 Å². The molecule has 30 heavy (non-hydrogen) atoms. The summed E-state index contributed by atoms with van der Waals surface area (Å²) >= 11 is 0. The molecule has 1 aromatic heterocycles. The van der Waals surface area contributed by atoms with Crippen molar-refractivity contribution in [3.63, 3.8) is 0 Å². The molecular formula is C20H14F3N3O4. The molecule has 3 aromatic rings. The second-order valence-electron chi connectivity index (χ2n) is 5.76.